The number of rotatable bonds is 6. The lowest BCUT2D eigenvalue weighted by molar-refractivity contribution is -0.151. The van der Waals surface area contributed by atoms with Gasteiger partial charge in [-0.05, 0) is 55.7 Å². The zero-order valence-electron chi connectivity index (χ0n) is 20.7. The Labute approximate surface area is 202 Å². The summed E-state index contributed by atoms with van der Waals surface area (Å²) >= 11 is 0. The predicted octanol–water partition coefficient (Wildman–Crippen LogP) is 3.93. The molecule has 0 aliphatic rings. The molecule has 0 spiro atoms. The summed E-state index contributed by atoms with van der Waals surface area (Å²) in [5.74, 6) is -0.549. The highest BCUT2D eigenvalue weighted by atomic mass is 16.5. The average molecular weight is 479 g/mol. The van der Waals surface area contributed by atoms with E-state index < -0.39 is 17.1 Å². The quantitative estimate of drug-likeness (QED) is 0.406. The van der Waals surface area contributed by atoms with E-state index in [0.29, 0.717) is 16.8 Å². The monoisotopic (exact) mass is 478 g/mol. The minimum atomic E-state index is -1.02. The van der Waals surface area contributed by atoms with Crippen molar-refractivity contribution in [3.63, 3.8) is 0 Å². The van der Waals surface area contributed by atoms with Gasteiger partial charge in [-0.2, -0.15) is 0 Å². The van der Waals surface area contributed by atoms with Gasteiger partial charge in [-0.3, -0.25) is 4.79 Å². The third kappa shape index (κ3) is 4.18. The van der Waals surface area contributed by atoms with Gasteiger partial charge in [0.15, 0.2) is 5.82 Å². The number of methoxy groups -OCH3 is 1. The van der Waals surface area contributed by atoms with Crippen LogP contribution >= 0.6 is 0 Å². The van der Waals surface area contributed by atoms with Gasteiger partial charge in [0.25, 0.3) is 0 Å². The molecule has 184 valence electrons. The second-order valence-electron chi connectivity index (χ2n) is 9.73. The summed E-state index contributed by atoms with van der Waals surface area (Å²) < 4.78 is 9.50. The van der Waals surface area contributed by atoms with Crippen LogP contribution in [0.25, 0.3) is 28.0 Å². The van der Waals surface area contributed by atoms with E-state index in [0.717, 1.165) is 10.9 Å². The van der Waals surface area contributed by atoms with E-state index in [-0.39, 0.29) is 29.8 Å². The van der Waals surface area contributed by atoms with Crippen molar-refractivity contribution in [1.29, 1.82) is 0 Å². The topological polar surface area (TPSA) is 112 Å². The lowest BCUT2D eigenvalue weighted by atomic mass is 9.94. The van der Waals surface area contributed by atoms with Gasteiger partial charge < -0.3 is 19.5 Å². The largest absolute Gasteiger partial charge is 0.508 e. The van der Waals surface area contributed by atoms with Crippen molar-refractivity contribution in [3.05, 3.63) is 58.6 Å². The number of hydrogen-bond donors (Lipinski definition) is 2. The Morgan fingerprint density at radius 3 is 2.49 bits per heavy atom. The van der Waals surface area contributed by atoms with E-state index in [1.54, 1.807) is 19.9 Å². The van der Waals surface area contributed by atoms with Crippen molar-refractivity contribution in [2.45, 2.75) is 40.2 Å². The summed E-state index contributed by atoms with van der Waals surface area (Å²) in [4.78, 5) is 26.0. The van der Waals surface area contributed by atoms with Gasteiger partial charge in [0.1, 0.15) is 11.5 Å². The molecule has 4 rings (SSSR count). The number of ether oxygens (including phenoxy) is 1. The standard InChI is InChI=1S/C26H30N4O5/c1-15(2)18-12-19(22(32)13-21(18)31)23-27-29(14-26(3,4)24(33)35-6)25(34)30(23)17-7-8-20-16(11-17)9-10-28(20)5/h7-13,15,31-32H,14H2,1-6H3. The summed E-state index contributed by atoms with van der Waals surface area (Å²) in [6.07, 6.45) is 1.93. The van der Waals surface area contributed by atoms with Gasteiger partial charge in [0, 0.05) is 30.2 Å². The molecule has 0 aliphatic carbocycles. The van der Waals surface area contributed by atoms with Gasteiger partial charge in [-0.1, -0.05) is 13.8 Å². The molecule has 9 heteroatoms. The Hall–Kier alpha value is -4.01. The number of aromatic hydroxyl groups is 2. The van der Waals surface area contributed by atoms with Crippen LogP contribution in [0.3, 0.4) is 0 Å². The minimum Gasteiger partial charge on any atom is -0.508 e. The van der Waals surface area contributed by atoms with E-state index in [4.69, 9.17) is 4.74 Å². The number of nitrogens with zero attached hydrogens (tertiary/aromatic N) is 4. The normalized spacial score (nSPS) is 12.0. The summed E-state index contributed by atoms with van der Waals surface area (Å²) in [7, 11) is 3.24. The highest BCUT2D eigenvalue weighted by Gasteiger charge is 2.32. The molecule has 0 bridgehead atoms. The van der Waals surface area contributed by atoms with Crippen molar-refractivity contribution in [1.82, 2.24) is 18.9 Å². The fraction of sp³-hybridized carbons (Fsp3) is 0.346. The molecular weight excluding hydrogens is 448 g/mol. The van der Waals surface area contributed by atoms with Crippen LogP contribution in [0.4, 0.5) is 0 Å². The number of hydrogen-bond acceptors (Lipinski definition) is 6. The van der Waals surface area contributed by atoms with Crippen LogP contribution in [-0.4, -0.2) is 42.2 Å². The number of benzene rings is 2. The Balaban J connectivity index is 1.99. The Morgan fingerprint density at radius 1 is 1.11 bits per heavy atom. The second-order valence-corrected chi connectivity index (χ2v) is 9.73. The number of esters is 1. The number of carbonyl (C=O) groups excluding carboxylic acids is 1. The first kappa shape index (κ1) is 24.1. The van der Waals surface area contributed by atoms with Crippen LogP contribution in [-0.2, 0) is 23.1 Å². The minimum absolute atomic E-state index is 0.0258. The van der Waals surface area contributed by atoms with E-state index >= 15 is 0 Å². The molecule has 0 unspecified atom stereocenters. The van der Waals surface area contributed by atoms with E-state index in [1.165, 1.54) is 22.4 Å². The van der Waals surface area contributed by atoms with Gasteiger partial charge >= 0.3 is 11.7 Å². The SMILES string of the molecule is COC(=O)C(C)(C)Cn1nc(-c2cc(C(C)C)c(O)cc2O)n(-c2ccc3c(ccn3C)c2)c1=O. The third-order valence-electron chi connectivity index (χ3n) is 6.26. The molecule has 0 radical (unpaired) electrons. The lowest BCUT2D eigenvalue weighted by Gasteiger charge is -2.20. The first-order valence-electron chi connectivity index (χ1n) is 11.3. The number of aromatic nitrogens is 4. The van der Waals surface area contributed by atoms with Crippen LogP contribution in [0.1, 0.15) is 39.2 Å². The summed E-state index contributed by atoms with van der Waals surface area (Å²) in [5.41, 5.74) is 0.983. The molecule has 0 saturated heterocycles. The van der Waals surface area contributed by atoms with Gasteiger partial charge in [-0.15, -0.1) is 5.10 Å². The van der Waals surface area contributed by atoms with Gasteiger partial charge in [0.2, 0.25) is 0 Å². The number of carbonyl (C=O) groups is 1. The van der Waals surface area contributed by atoms with E-state index in [1.807, 2.05) is 55.9 Å². The van der Waals surface area contributed by atoms with E-state index in [2.05, 4.69) is 5.10 Å². The lowest BCUT2D eigenvalue weighted by Crippen LogP contribution is -2.35. The van der Waals surface area contributed by atoms with Crippen molar-refractivity contribution in [2.24, 2.45) is 12.5 Å². The maximum absolute atomic E-state index is 13.7. The second kappa shape index (κ2) is 8.65. The maximum atomic E-state index is 13.7. The van der Waals surface area contributed by atoms with Crippen LogP contribution < -0.4 is 5.69 Å². The number of phenols is 2. The molecule has 0 aliphatic heterocycles. The average Bonchev–Trinajstić information content (AvgIpc) is 3.31. The fourth-order valence-corrected chi connectivity index (χ4v) is 4.28. The van der Waals surface area contributed by atoms with Crippen molar-refractivity contribution in [2.75, 3.05) is 7.11 Å². The van der Waals surface area contributed by atoms with Crippen LogP contribution in [0, 0.1) is 5.41 Å². The smallest absolute Gasteiger partial charge is 0.350 e. The summed E-state index contributed by atoms with van der Waals surface area (Å²) in [6.45, 7) is 7.17. The Morgan fingerprint density at radius 2 is 1.83 bits per heavy atom. The molecule has 0 atom stereocenters. The van der Waals surface area contributed by atoms with Crippen LogP contribution in [0.2, 0.25) is 0 Å². The number of phenolic OH excluding ortho intramolecular Hbond substituents is 2. The van der Waals surface area contributed by atoms with Gasteiger partial charge in [0.05, 0.1) is 30.3 Å². The maximum Gasteiger partial charge on any atom is 0.350 e. The van der Waals surface area contributed by atoms with Crippen molar-refractivity contribution >= 4 is 16.9 Å². The molecule has 2 N–H and O–H groups in total. The molecular formula is C26H30N4O5. The first-order chi connectivity index (χ1) is 16.4. The zero-order valence-corrected chi connectivity index (χ0v) is 20.7. The Bertz CT molecular complexity index is 1490. The Kier molecular flexibility index (Phi) is 5.96. The fourth-order valence-electron chi connectivity index (χ4n) is 4.28. The number of fused-ring (bicyclic) bond motifs is 1. The molecule has 2 aromatic heterocycles. The highest BCUT2D eigenvalue weighted by molar-refractivity contribution is 5.83. The third-order valence-corrected chi connectivity index (χ3v) is 6.26. The predicted molar refractivity (Wildman–Crippen MR) is 133 cm³/mol. The molecule has 0 saturated carbocycles. The summed E-state index contributed by atoms with van der Waals surface area (Å²) in [6, 6.07) is 10.4. The molecule has 4 aromatic rings. The van der Waals surface area contributed by atoms with Crippen molar-refractivity contribution in [3.8, 4) is 28.6 Å². The summed E-state index contributed by atoms with van der Waals surface area (Å²) in [5, 5.41) is 26.6. The van der Waals surface area contributed by atoms with Crippen LogP contribution in [0.5, 0.6) is 11.5 Å². The molecule has 0 fully saturated rings. The van der Waals surface area contributed by atoms with E-state index in [9.17, 15) is 19.8 Å². The first-order valence-corrected chi connectivity index (χ1v) is 11.3. The van der Waals surface area contributed by atoms with Crippen LogP contribution in [0.15, 0.2) is 47.4 Å². The molecule has 2 aromatic carbocycles. The molecule has 2 heterocycles. The molecule has 0 amide bonds. The highest BCUT2D eigenvalue weighted by Crippen LogP contribution is 2.37. The molecule has 35 heavy (non-hydrogen) atoms. The van der Waals surface area contributed by atoms with Gasteiger partial charge in [-0.25, -0.2) is 14.0 Å². The van der Waals surface area contributed by atoms with Crippen molar-refractivity contribution < 1.29 is 19.7 Å². The molecule has 9 nitrogen and oxygen atoms in total. The zero-order chi connectivity index (χ0) is 25.7. The number of aryl methyl sites for hydroxylation is 1.